The molecule has 9 aromatic rings. The molecule has 2 heteroatoms. The van der Waals surface area contributed by atoms with Crippen LogP contribution in [0.3, 0.4) is 0 Å². The summed E-state index contributed by atoms with van der Waals surface area (Å²) in [6.07, 6.45) is 0. The zero-order chi connectivity index (χ0) is 38.1. The van der Waals surface area contributed by atoms with E-state index in [1.165, 1.54) is 44.2 Å². The molecule has 0 atom stereocenters. The summed E-state index contributed by atoms with van der Waals surface area (Å²) in [6, 6.07) is 72.6. The molecular formula is C55H39NO. The molecule has 57 heavy (non-hydrogen) atoms. The summed E-state index contributed by atoms with van der Waals surface area (Å²) in [5, 5.41) is 2.40. The number of nitrogens with zero attached hydrogens (tertiary/aromatic N) is 1. The van der Waals surface area contributed by atoms with Crippen LogP contribution >= 0.6 is 0 Å². The van der Waals surface area contributed by atoms with Crippen molar-refractivity contribution in [3.63, 3.8) is 0 Å². The van der Waals surface area contributed by atoms with Crippen LogP contribution in [-0.4, -0.2) is 0 Å². The molecule has 0 bridgehead atoms. The lowest BCUT2D eigenvalue weighted by Crippen LogP contribution is -2.16. The van der Waals surface area contributed by atoms with E-state index in [0.717, 1.165) is 61.9 Å². The van der Waals surface area contributed by atoms with Gasteiger partial charge in [0.2, 0.25) is 0 Å². The van der Waals surface area contributed by atoms with Gasteiger partial charge in [0.25, 0.3) is 0 Å². The largest absolute Gasteiger partial charge is 0.456 e. The van der Waals surface area contributed by atoms with E-state index in [-0.39, 0.29) is 5.41 Å². The molecule has 270 valence electrons. The topological polar surface area (TPSA) is 12.5 Å². The third kappa shape index (κ3) is 5.48. The summed E-state index contributed by atoms with van der Waals surface area (Å²) in [7, 11) is 0. The SMILES string of the molecule is CC1(C)c2ccccc2-c2ccc(N(c3cccc(-c4ccccc4)c3)c3ccc4c(c3)-c3cc5ccccc5cc3-c3ccc(-c5ccccc5)cc3O4)cc21. The molecule has 0 radical (unpaired) electrons. The zero-order valence-corrected chi connectivity index (χ0v) is 31.9. The van der Waals surface area contributed by atoms with Crippen molar-refractivity contribution < 1.29 is 4.74 Å². The molecule has 1 aliphatic carbocycles. The summed E-state index contributed by atoms with van der Waals surface area (Å²) in [4.78, 5) is 2.42. The minimum atomic E-state index is -0.133. The number of ether oxygens (including phenoxy) is 1. The Hall–Kier alpha value is -7.16. The van der Waals surface area contributed by atoms with E-state index in [0.29, 0.717) is 0 Å². The van der Waals surface area contributed by atoms with Crippen molar-refractivity contribution in [1.82, 2.24) is 0 Å². The molecule has 0 saturated heterocycles. The first-order chi connectivity index (χ1) is 28.0. The molecular weight excluding hydrogens is 691 g/mol. The Morgan fingerprint density at radius 2 is 0.895 bits per heavy atom. The third-order valence-corrected chi connectivity index (χ3v) is 12.0. The van der Waals surface area contributed by atoms with Crippen molar-refractivity contribution in [2.45, 2.75) is 19.3 Å². The summed E-state index contributed by atoms with van der Waals surface area (Å²) in [5.41, 5.74) is 17.6. The highest BCUT2D eigenvalue weighted by molar-refractivity contribution is 6.01. The maximum atomic E-state index is 7.00. The zero-order valence-electron chi connectivity index (χ0n) is 31.9. The second-order valence-electron chi connectivity index (χ2n) is 15.8. The van der Waals surface area contributed by atoms with E-state index in [1.54, 1.807) is 0 Å². The van der Waals surface area contributed by atoms with Crippen LogP contribution in [0.5, 0.6) is 11.5 Å². The molecule has 1 heterocycles. The predicted octanol–water partition coefficient (Wildman–Crippen LogP) is 15.4. The van der Waals surface area contributed by atoms with Gasteiger partial charge in [-0.05, 0) is 133 Å². The summed E-state index contributed by atoms with van der Waals surface area (Å²) < 4.78 is 7.00. The van der Waals surface area contributed by atoms with Gasteiger partial charge in [-0.2, -0.15) is 0 Å². The lowest BCUT2D eigenvalue weighted by molar-refractivity contribution is 0.488. The molecule has 2 aliphatic rings. The van der Waals surface area contributed by atoms with Gasteiger partial charge in [-0.15, -0.1) is 0 Å². The van der Waals surface area contributed by atoms with Crippen LogP contribution in [0, 0.1) is 0 Å². The molecule has 0 fully saturated rings. The molecule has 11 rings (SSSR count). The number of hydrogen-bond acceptors (Lipinski definition) is 2. The van der Waals surface area contributed by atoms with E-state index in [9.17, 15) is 0 Å². The van der Waals surface area contributed by atoms with Crippen LogP contribution in [0.2, 0.25) is 0 Å². The third-order valence-electron chi connectivity index (χ3n) is 12.0. The molecule has 0 N–H and O–H groups in total. The van der Waals surface area contributed by atoms with Crippen LogP contribution in [-0.2, 0) is 5.41 Å². The van der Waals surface area contributed by atoms with Crippen LogP contribution in [0.15, 0.2) is 200 Å². The Morgan fingerprint density at radius 1 is 0.333 bits per heavy atom. The van der Waals surface area contributed by atoms with E-state index in [1.807, 2.05) is 0 Å². The highest BCUT2D eigenvalue weighted by Gasteiger charge is 2.36. The molecule has 9 aromatic carbocycles. The van der Waals surface area contributed by atoms with Crippen LogP contribution < -0.4 is 9.64 Å². The van der Waals surface area contributed by atoms with Crippen LogP contribution in [0.1, 0.15) is 25.0 Å². The van der Waals surface area contributed by atoms with E-state index in [2.05, 4.69) is 219 Å². The standard InChI is InChI=1S/C55H39NO/c1-55(2)51-23-12-11-22-45(51)46-28-25-44(35-52(46)55)56(42-21-13-20-38(30-42)36-14-5-3-6-15-36)43-26-29-53-50(34-43)49-32-40-19-10-9-18-39(40)31-48(49)47-27-24-41(33-54(47)57-53)37-16-7-4-8-17-37/h3-35H,1-2H3. The van der Waals surface area contributed by atoms with E-state index >= 15 is 0 Å². The van der Waals surface area contributed by atoms with Gasteiger partial charge in [0.15, 0.2) is 0 Å². The number of rotatable bonds is 5. The first-order valence-corrected chi connectivity index (χ1v) is 19.7. The first kappa shape index (κ1) is 33.2. The Bertz CT molecular complexity index is 3020. The van der Waals surface area contributed by atoms with Crippen molar-refractivity contribution in [3.05, 3.63) is 211 Å². The molecule has 0 spiro atoms. The fourth-order valence-electron chi connectivity index (χ4n) is 9.13. The van der Waals surface area contributed by atoms with Crippen molar-refractivity contribution in [2.24, 2.45) is 0 Å². The van der Waals surface area contributed by atoms with Gasteiger partial charge in [-0.1, -0.05) is 147 Å². The number of anilines is 3. The highest BCUT2D eigenvalue weighted by atomic mass is 16.5. The van der Waals surface area contributed by atoms with Crippen molar-refractivity contribution in [3.8, 4) is 67.1 Å². The van der Waals surface area contributed by atoms with Crippen molar-refractivity contribution in [2.75, 3.05) is 4.90 Å². The lowest BCUT2D eigenvalue weighted by Gasteiger charge is -2.29. The van der Waals surface area contributed by atoms with Gasteiger partial charge in [-0.25, -0.2) is 0 Å². The van der Waals surface area contributed by atoms with Gasteiger partial charge in [0.1, 0.15) is 11.5 Å². The van der Waals surface area contributed by atoms with E-state index < -0.39 is 0 Å². The first-order valence-electron chi connectivity index (χ1n) is 19.7. The highest BCUT2D eigenvalue weighted by Crippen LogP contribution is 2.53. The fourth-order valence-corrected chi connectivity index (χ4v) is 9.13. The molecule has 0 saturated carbocycles. The van der Waals surface area contributed by atoms with Crippen molar-refractivity contribution in [1.29, 1.82) is 0 Å². The normalized spacial score (nSPS) is 13.0. The Morgan fingerprint density at radius 3 is 1.65 bits per heavy atom. The monoisotopic (exact) mass is 729 g/mol. The van der Waals surface area contributed by atoms with Gasteiger partial charge in [-0.3, -0.25) is 0 Å². The minimum Gasteiger partial charge on any atom is -0.456 e. The Labute approximate surface area is 333 Å². The maximum absolute atomic E-state index is 7.00. The average Bonchev–Trinajstić information content (AvgIpc) is 3.40. The lowest BCUT2D eigenvalue weighted by atomic mass is 9.82. The fraction of sp³-hybridized carbons (Fsp3) is 0.0545. The number of benzene rings is 9. The molecule has 1 aliphatic heterocycles. The predicted molar refractivity (Wildman–Crippen MR) is 238 cm³/mol. The van der Waals surface area contributed by atoms with Gasteiger partial charge < -0.3 is 9.64 Å². The smallest absolute Gasteiger partial charge is 0.135 e. The average molecular weight is 730 g/mol. The van der Waals surface area contributed by atoms with Gasteiger partial charge in [0.05, 0.1) is 0 Å². The molecule has 0 aromatic heterocycles. The molecule has 2 nitrogen and oxygen atoms in total. The van der Waals surface area contributed by atoms with Crippen LogP contribution in [0.4, 0.5) is 17.1 Å². The van der Waals surface area contributed by atoms with Gasteiger partial charge in [0, 0.05) is 33.6 Å². The minimum absolute atomic E-state index is 0.133. The molecule has 0 amide bonds. The van der Waals surface area contributed by atoms with E-state index in [4.69, 9.17) is 4.74 Å². The van der Waals surface area contributed by atoms with Gasteiger partial charge >= 0.3 is 0 Å². The van der Waals surface area contributed by atoms with Crippen LogP contribution in [0.25, 0.3) is 66.4 Å². The Kier molecular flexibility index (Phi) is 7.55. The Balaban J connectivity index is 1.12. The second-order valence-corrected chi connectivity index (χ2v) is 15.8. The summed E-state index contributed by atoms with van der Waals surface area (Å²) in [6.45, 7) is 4.70. The second kappa shape index (κ2) is 13.0. The molecule has 0 unspecified atom stereocenters. The van der Waals surface area contributed by atoms with Crippen molar-refractivity contribution >= 4 is 27.8 Å². The number of fused-ring (bicyclic) bond motifs is 9. The summed E-state index contributed by atoms with van der Waals surface area (Å²) >= 11 is 0. The quantitative estimate of drug-likeness (QED) is 0.175. The maximum Gasteiger partial charge on any atom is 0.135 e. The summed E-state index contributed by atoms with van der Waals surface area (Å²) in [5.74, 6) is 1.69. The number of hydrogen-bond donors (Lipinski definition) is 0.